The highest BCUT2D eigenvalue weighted by Gasteiger charge is 2.49. The van der Waals surface area contributed by atoms with Crippen LogP contribution in [0.25, 0.3) is 0 Å². The van der Waals surface area contributed by atoms with Gasteiger partial charge >= 0.3 is 0 Å². The number of benzene rings is 1. The molecule has 2 heteroatoms. The molecule has 1 nitrogen and oxygen atoms in total. The van der Waals surface area contributed by atoms with Gasteiger partial charge < -0.3 is 5.11 Å². The molecule has 2 atom stereocenters. The molecule has 0 saturated heterocycles. The summed E-state index contributed by atoms with van der Waals surface area (Å²) < 4.78 is 13.9. The molecular formula is C15H21FO. The molecule has 1 aliphatic rings. The molecule has 17 heavy (non-hydrogen) atoms. The average molecular weight is 236 g/mol. The molecule has 0 heterocycles. The van der Waals surface area contributed by atoms with E-state index in [1.807, 2.05) is 13.8 Å². The average Bonchev–Trinajstić information content (AvgIpc) is 2.40. The number of hydrogen-bond acceptors (Lipinski definition) is 1. The van der Waals surface area contributed by atoms with E-state index >= 15 is 0 Å². The zero-order valence-corrected chi connectivity index (χ0v) is 11.0. The molecule has 1 aromatic carbocycles. The predicted octanol–water partition coefficient (Wildman–Crippen LogP) is 3.78. The fourth-order valence-corrected chi connectivity index (χ4v) is 3.31. The Morgan fingerprint density at radius 3 is 2.53 bits per heavy atom. The van der Waals surface area contributed by atoms with Crippen LogP contribution in [0.1, 0.15) is 44.7 Å². The van der Waals surface area contributed by atoms with Crippen LogP contribution in [0.3, 0.4) is 0 Å². The second-order valence-corrected chi connectivity index (χ2v) is 6.35. The van der Waals surface area contributed by atoms with E-state index in [1.165, 1.54) is 6.07 Å². The van der Waals surface area contributed by atoms with Crippen LogP contribution in [-0.4, -0.2) is 5.11 Å². The van der Waals surface area contributed by atoms with Crippen molar-refractivity contribution in [3.63, 3.8) is 0 Å². The number of aryl methyl sites for hydroxylation is 1. The monoisotopic (exact) mass is 236 g/mol. The van der Waals surface area contributed by atoms with Crippen LogP contribution in [0.15, 0.2) is 18.2 Å². The minimum absolute atomic E-state index is 0.0738. The van der Waals surface area contributed by atoms with Gasteiger partial charge in [-0.25, -0.2) is 4.39 Å². The van der Waals surface area contributed by atoms with E-state index in [0.29, 0.717) is 12.0 Å². The molecule has 0 amide bonds. The molecule has 0 radical (unpaired) electrons. The fourth-order valence-electron chi connectivity index (χ4n) is 3.31. The maximum atomic E-state index is 13.9. The van der Waals surface area contributed by atoms with Gasteiger partial charge in [0.15, 0.2) is 0 Å². The second-order valence-electron chi connectivity index (χ2n) is 6.35. The molecule has 2 unspecified atom stereocenters. The van der Waals surface area contributed by atoms with Gasteiger partial charge in [0.25, 0.3) is 0 Å². The van der Waals surface area contributed by atoms with Gasteiger partial charge in [0.2, 0.25) is 0 Å². The summed E-state index contributed by atoms with van der Waals surface area (Å²) in [6, 6.07) is 4.99. The lowest BCUT2D eigenvalue weighted by atomic mass is 9.83. The van der Waals surface area contributed by atoms with Crippen molar-refractivity contribution in [2.75, 3.05) is 0 Å². The van der Waals surface area contributed by atoms with Crippen molar-refractivity contribution in [2.45, 2.75) is 46.1 Å². The Kier molecular flexibility index (Phi) is 2.81. The molecule has 1 fully saturated rings. The van der Waals surface area contributed by atoms with Crippen LogP contribution < -0.4 is 0 Å². The largest absolute Gasteiger partial charge is 0.385 e. The molecule has 1 N–H and O–H groups in total. The van der Waals surface area contributed by atoms with Crippen molar-refractivity contribution in [1.82, 2.24) is 0 Å². The minimum atomic E-state index is -1.01. The predicted molar refractivity (Wildman–Crippen MR) is 67.2 cm³/mol. The first kappa shape index (κ1) is 12.6. The third-order valence-electron chi connectivity index (χ3n) is 4.01. The lowest BCUT2D eigenvalue weighted by Gasteiger charge is -2.29. The molecule has 0 bridgehead atoms. The van der Waals surface area contributed by atoms with Gasteiger partial charge in [-0.2, -0.15) is 0 Å². The number of hydrogen-bond donors (Lipinski definition) is 1. The van der Waals surface area contributed by atoms with Gasteiger partial charge in [-0.15, -0.1) is 0 Å². The first-order chi connectivity index (χ1) is 7.74. The Hall–Kier alpha value is -0.890. The van der Waals surface area contributed by atoms with E-state index in [2.05, 4.69) is 13.8 Å². The van der Waals surface area contributed by atoms with Gasteiger partial charge in [0, 0.05) is 5.56 Å². The highest BCUT2D eigenvalue weighted by Crippen LogP contribution is 2.53. The summed E-state index contributed by atoms with van der Waals surface area (Å²) in [4.78, 5) is 0. The van der Waals surface area contributed by atoms with E-state index in [4.69, 9.17) is 0 Å². The topological polar surface area (TPSA) is 20.2 Å². The van der Waals surface area contributed by atoms with Crippen LogP contribution >= 0.6 is 0 Å². The summed E-state index contributed by atoms with van der Waals surface area (Å²) in [6.07, 6.45) is 1.55. The Morgan fingerprint density at radius 2 is 2.00 bits per heavy atom. The molecule has 1 aromatic rings. The van der Waals surface area contributed by atoms with Gasteiger partial charge in [0.1, 0.15) is 5.82 Å². The Labute approximate surface area is 103 Å². The maximum absolute atomic E-state index is 13.9. The van der Waals surface area contributed by atoms with Crippen molar-refractivity contribution < 1.29 is 9.50 Å². The molecule has 0 spiro atoms. The van der Waals surface area contributed by atoms with Crippen molar-refractivity contribution in [2.24, 2.45) is 11.3 Å². The van der Waals surface area contributed by atoms with Gasteiger partial charge in [-0.3, -0.25) is 0 Å². The van der Waals surface area contributed by atoms with E-state index in [9.17, 15) is 9.50 Å². The van der Waals surface area contributed by atoms with Gasteiger partial charge in [-0.1, -0.05) is 38.5 Å². The molecule has 0 aromatic heterocycles. The molecule has 1 aliphatic carbocycles. The highest BCUT2D eigenvalue weighted by atomic mass is 19.1. The number of aliphatic hydroxyl groups is 1. The van der Waals surface area contributed by atoms with Crippen LogP contribution in [0.2, 0.25) is 0 Å². The molecule has 94 valence electrons. The summed E-state index contributed by atoms with van der Waals surface area (Å²) >= 11 is 0. The number of halogens is 1. The first-order valence-electron chi connectivity index (χ1n) is 6.24. The smallest absolute Gasteiger partial charge is 0.129 e. The third-order valence-corrected chi connectivity index (χ3v) is 4.01. The quantitative estimate of drug-likeness (QED) is 0.786. The lowest BCUT2D eigenvalue weighted by Crippen LogP contribution is -2.30. The summed E-state index contributed by atoms with van der Waals surface area (Å²) in [6.45, 7) is 8.21. The summed E-state index contributed by atoms with van der Waals surface area (Å²) in [5, 5.41) is 10.8. The van der Waals surface area contributed by atoms with E-state index in [0.717, 1.165) is 12.0 Å². The zero-order valence-electron chi connectivity index (χ0n) is 11.0. The van der Waals surface area contributed by atoms with E-state index in [1.54, 1.807) is 12.1 Å². The summed E-state index contributed by atoms with van der Waals surface area (Å²) in [7, 11) is 0. The van der Waals surface area contributed by atoms with Crippen molar-refractivity contribution >= 4 is 0 Å². The summed E-state index contributed by atoms with van der Waals surface area (Å²) in [5.41, 5.74) is 0.520. The minimum Gasteiger partial charge on any atom is -0.385 e. The molecular weight excluding hydrogens is 215 g/mol. The van der Waals surface area contributed by atoms with Crippen LogP contribution in [0.5, 0.6) is 0 Å². The van der Waals surface area contributed by atoms with Crippen LogP contribution in [0, 0.1) is 24.1 Å². The van der Waals surface area contributed by atoms with E-state index < -0.39 is 5.60 Å². The van der Waals surface area contributed by atoms with Gasteiger partial charge in [0.05, 0.1) is 5.60 Å². The summed E-state index contributed by atoms with van der Waals surface area (Å²) in [5.74, 6) is -0.198. The normalized spacial score (nSPS) is 31.8. The fraction of sp³-hybridized carbons (Fsp3) is 0.600. The third kappa shape index (κ3) is 2.11. The van der Waals surface area contributed by atoms with Gasteiger partial charge in [-0.05, 0) is 37.2 Å². The van der Waals surface area contributed by atoms with Crippen molar-refractivity contribution in [3.8, 4) is 0 Å². The van der Waals surface area contributed by atoms with E-state index in [-0.39, 0.29) is 17.2 Å². The van der Waals surface area contributed by atoms with Crippen LogP contribution in [0.4, 0.5) is 4.39 Å². The number of rotatable bonds is 1. The second kappa shape index (κ2) is 3.81. The maximum Gasteiger partial charge on any atom is 0.129 e. The molecule has 0 aliphatic heterocycles. The van der Waals surface area contributed by atoms with Crippen molar-refractivity contribution in [1.29, 1.82) is 0 Å². The zero-order chi connectivity index (χ0) is 12.8. The first-order valence-corrected chi connectivity index (χ1v) is 6.24. The Morgan fingerprint density at radius 1 is 1.35 bits per heavy atom. The van der Waals surface area contributed by atoms with Crippen LogP contribution in [-0.2, 0) is 5.60 Å². The SMILES string of the molecule is Cc1ccc(F)c(C2(O)CC(C)(C)CC2C)c1. The molecule has 1 saturated carbocycles. The van der Waals surface area contributed by atoms with Crippen molar-refractivity contribution in [3.05, 3.63) is 35.1 Å². The highest BCUT2D eigenvalue weighted by molar-refractivity contribution is 5.31. The Bertz CT molecular complexity index is 439. The molecule has 2 rings (SSSR count). The lowest BCUT2D eigenvalue weighted by molar-refractivity contribution is -0.00411. The Balaban J connectivity index is 2.48. The standard InChI is InChI=1S/C15H21FO/c1-10-5-6-13(16)12(7-10)15(17)9-14(3,4)8-11(15)2/h5-7,11,17H,8-9H2,1-4H3.